The van der Waals surface area contributed by atoms with E-state index in [2.05, 4.69) is 5.32 Å². The summed E-state index contributed by atoms with van der Waals surface area (Å²) in [5, 5.41) is 2.89. The number of hydrogen-bond acceptors (Lipinski definition) is 7. The van der Waals surface area contributed by atoms with E-state index in [0.717, 1.165) is 24.8 Å². The molecule has 4 rings (SSSR count). The van der Waals surface area contributed by atoms with Crippen LogP contribution in [-0.4, -0.2) is 45.2 Å². The van der Waals surface area contributed by atoms with Crippen LogP contribution >= 0.6 is 0 Å². The van der Waals surface area contributed by atoms with Crippen molar-refractivity contribution in [2.24, 2.45) is 0 Å². The molecule has 9 nitrogen and oxygen atoms in total. The molecule has 240 valence electrons. The number of carbonyl (C=O) groups is 3. The molecule has 0 saturated heterocycles. The van der Waals surface area contributed by atoms with Crippen molar-refractivity contribution in [1.82, 2.24) is 0 Å². The second-order valence-corrected chi connectivity index (χ2v) is 10.4. The molecule has 2 amide bonds. The molecule has 0 aromatic heterocycles. The van der Waals surface area contributed by atoms with Gasteiger partial charge in [-0.1, -0.05) is 54.6 Å². The van der Waals surface area contributed by atoms with Gasteiger partial charge in [-0.05, 0) is 74.2 Å². The van der Waals surface area contributed by atoms with Crippen LogP contribution in [0, 0.1) is 0 Å². The molecule has 0 aliphatic heterocycles. The third-order valence-electron chi connectivity index (χ3n) is 7.18. The van der Waals surface area contributed by atoms with Crippen LogP contribution in [0.1, 0.15) is 58.9 Å². The molecule has 0 fully saturated rings. The van der Waals surface area contributed by atoms with Gasteiger partial charge in [0.1, 0.15) is 23.9 Å². The number of unbranched alkanes of at least 4 members (excludes halogenated alkanes) is 2. The van der Waals surface area contributed by atoms with Gasteiger partial charge < -0.3 is 29.2 Å². The maximum absolute atomic E-state index is 13.6. The second kappa shape index (κ2) is 17.2. The van der Waals surface area contributed by atoms with Crippen LogP contribution < -0.4 is 24.4 Å². The van der Waals surface area contributed by atoms with Crippen LogP contribution in [0.15, 0.2) is 97.1 Å². The summed E-state index contributed by atoms with van der Waals surface area (Å²) in [4.78, 5) is 39.9. The van der Waals surface area contributed by atoms with Gasteiger partial charge in [-0.2, -0.15) is 0 Å². The number of para-hydroxylation sites is 3. The van der Waals surface area contributed by atoms with Crippen LogP contribution in [0.25, 0.3) is 0 Å². The van der Waals surface area contributed by atoms with Crippen molar-refractivity contribution in [3.63, 3.8) is 0 Å². The Hall–Kier alpha value is -5.31. The van der Waals surface area contributed by atoms with Gasteiger partial charge in [0, 0.05) is 19.0 Å². The van der Waals surface area contributed by atoms with E-state index >= 15 is 0 Å². The van der Waals surface area contributed by atoms with Gasteiger partial charge in [0.25, 0.3) is 11.8 Å². The molecule has 0 radical (unpaired) electrons. The van der Waals surface area contributed by atoms with Crippen LogP contribution in [0.2, 0.25) is 0 Å². The number of ether oxygens (including phenoxy) is 4. The van der Waals surface area contributed by atoms with Crippen molar-refractivity contribution in [1.29, 1.82) is 0 Å². The van der Waals surface area contributed by atoms with E-state index in [1.807, 2.05) is 60.7 Å². The van der Waals surface area contributed by atoms with Crippen LogP contribution in [0.3, 0.4) is 0 Å². The fourth-order valence-electron chi connectivity index (χ4n) is 4.76. The summed E-state index contributed by atoms with van der Waals surface area (Å²) in [5.41, 5.74) is 2.76. The number of amides is 2. The van der Waals surface area contributed by atoms with Gasteiger partial charge in [0.05, 0.1) is 37.3 Å². The fraction of sp³-hybridized carbons (Fsp3) is 0.270. The molecular weight excluding hydrogens is 584 g/mol. The molecule has 0 unspecified atom stereocenters. The molecular formula is C37H40N2O7. The van der Waals surface area contributed by atoms with Gasteiger partial charge >= 0.3 is 5.97 Å². The Morgan fingerprint density at radius 3 is 2.24 bits per heavy atom. The first-order chi connectivity index (χ1) is 22.4. The predicted molar refractivity (Wildman–Crippen MR) is 178 cm³/mol. The lowest BCUT2D eigenvalue weighted by atomic mass is 10.1. The summed E-state index contributed by atoms with van der Waals surface area (Å²) >= 11 is 0. The number of benzene rings is 4. The van der Waals surface area contributed by atoms with Crippen molar-refractivity contribution < 1.29 is 33.3 Å². The molecule has 0 aliphatic rings. The van der Waals surface area contributed by atoms with Crippen molar-refractivity contribution in [2.45, 2.75) is 39.2 Å². The SMILES string of the molecule is CCOC(=O)CCCCCOc1ccccc1N(C)C(=O)c1ccc(NC(=O)c2ccccc2OCc2ccccc2)c(OC)c1. The molecule has 1 N–H and O–H groups in total. The number of nitrogens with zero attached hydrogens (tertiary/aromatic N) is 1. The van der Waals surface area contributed by atoms with E-state index in [-0.39, 0.29) is 17.8 Å². The van der Waals surface area contributed by atoms with Crippen molar-refractivity contribution >= 4 is 29.2 Å². The largest absolute Gasteiger partial charge is 0.495 e. The van der Waals surface area contributed by atoms with E-state index < -0.39 is 0 Å². The lowest BCUT2D eigenvalue weighted by molar-refractivity contribution is -0.143. The third kappa shape index (κ3) is 9.34. The highest BCUT2D eigenvalue weighted by atomic mass is 16.5. The van der Waals surface area contributed by atoms with E-state index in [0.29, 0.717) is 66.0 Å². The normalized spacial score (nSPS) is 10.5. The minimum Gasteiger partial charge on any atom is -0.495 e. The second-order valence-electron chi connectivity index (χ2n) is 10.4. The Balaban J connectivity index is 1.39. The third-order valence-corrected chi connectivity index (χ3v) is 7.18. The Morgan fingerprint density at radius 1 is 0.761 bits per heavy atom. The molecule has 4 aromatic rings. The zero-order valence-corrected chi connectivity index (χ0v) is 26.5. The highest BCUT2D eigenvalue weighted by Gasteiger charge is 2.20. The quantitative estimate of drug-likeness (QED) is 0.103. The van der Waals surface area contributed by atoms with Crippen LogP contribution in [0.4, 0.5) is 11.4 Å². The molecule has 9 heteroatoms. The Bertz CT molecular complexity index is 1610. The summed E-state index contributed by atoms with van der Waals surface area (Å²) in [6.07, 6.45) is 2.71. The first kappa shape index (κ1) is 33.6. The highest BCUT2D eigenvalue weighted by Crippen LogP contribution is 2.31. The Morgan fingerprint density at radius 2 is 1.48 bits per heavy atom. The summed E-state index contributed by atoms with van der Waals surface area (Å²) in [5.74, 6) is 0.533. The highest BCUT2D eigenvalue weighted by molar-refractivity contribution is 6.09. The van der Waals surface area contributed by atoms with E-state index in [9.17, 15) is 14.4 Å². The molecule has 46 heavy (non-hydrogen) atoms. The average Bonchev–Trinajstić information content (AvgIpc) is 3.09. The monoisotopic (exact) mass is 624 g/mol. The van der Waals surface area contributed by atoms with Crippen molar-refractivity contribution in [3.05, 3.63) is 114 Å². The molecule has 4 aromatic carbocycles. The summed E-state index contributed by atoms with van der Waals surface area (Å²) in [7, 11) is 3.16. The molecule has 0 aliphatic carbocycles. The van der Waals surface area contributed by atoms with Gasteiger partial charge in [-0.25, -0.2) is 0 Å². The lowest BCUT2D eigenvalue weighted by Crippen LogP contribution is -2.27. The number of methoxy groups -OCH3 is 1. The summed E-state index contributed by atoms with van der Waals surface area (Å²) < 4.78 is 22.5. The molecule has 0 saturated carbocycles. The minimum atomic E-state index is -0.370. The topological polar surface area (TPSA) is 103 Å². The number of anilines is 2. The lowest BCUT2D eigenvalue weighted by Gasteiger charge is -2.21. The first-order valence-corrected chi connectivity index (χ1v) is 15.3. The molecule has 0 atom stereocenters. The molecule has 0 heterocycles. The van der Waals surface area contributed by atoms with Gasteiger partial charge in [0.15, 0.2) is 0 Å². The maximum Gasteiger partial charge on any atom is 0.305 e. The summed E-state index contributed by atoms with van der Waals surface area (Å²) in [6.45, 7) is 2.95. The van der Waals surface area contributed by atoms with E-state index in [1.54, 1.807) is 50.4 Å². The maximum atomic E-state index is 13.6. The number of esters is 1. The minimum absolute atomic E-state index is 0.185. The number of nitrogens with one attached hydrogen (secondary N) is 1. The number of rotatable bonds is 16. The van der Waals surface area contributed by atoms with Gasteiger partial charge in [0.2, 0.25) is 0 Å². The van der Waals surface area contributed by atoms with E-state index in [1.165, 1.54) is 12.0 Å². The van der Waals surface area contributed by atoms with E-state index in [4.69, 9.17) is 18.9 Å². The zero-order valence-electron chi connectivity index (χ0n) is 26.5. The average molecular weight is 625 g/mol. The smallest absolute Gasteiger partial charge is 0.305 e. The van der Waals surface area contributed by atoms with Gasteiger partial charge in [-0.15, -0.1) is 0 Å². The molecule has 0 bridgehead atoms. The standard InChI is InChI=1S/C37H40N2O7/c1-4-44-35(40)21-9-6-14-24-45-33-20-13-11-18-31(33)39(2)37(42)28-22-23-30(34(25-28)43-3)38-36(41)29-17-10-12-19-32(29)46-26-27-15-7-5-8-16-27/h5,7-8,10-13,15-20,22-23,25H,4,6,9,14,21,24,26H2,1-3H3,(H,38,41). The fourth-order valence-corrected chi connectivity index (χ4v) is 4.76. The number of carbonyl (C=O) groups excluding carboxylic acids is 3. The van der Waals surface area contributed by atoms with Crippen LogP contribution in [0.5, 0.6) is 17.2 Å². The van der Waals surface area contributed by atoms with Crippen molar-refractivity contribution in [2.75, 3.05) is 37.6 Å². The van der Waals surface area contributed by atoms with Crippen molar-refractivity contribution in [3.8, 4) is 17.2 Å². The predicted octanol–water partition coefficient (Wildman–Crippen LogP) is 7.31. The van der Waals surface area contributed by atoms with Gasteiger partial charge in [-0.3, -0.25) is 14.4 Å². The summed E-state index contributed by atoms with van der Waals surface area (Å²) in [6, 6.07) is 28.9. The Kier molecular flexibility index (Phi) is 12.6. The first-order valence-electron chi connectivity index (χ1n) is 15.3. The van der Waals surface area contributed by atoms with Crippen LogP contribution in [-0.2, 0) is 16.1 Å². The Labute approximate surface area is 270 Å². The molecule has 0 spiro atoms. The number of hydrogen-bond donors (Lipinski definition) is 1. The zero-order chi connectivity index (χ0) is 32.7.